The minimum absolute atomic E-state index is 0.0908. The average Bonchev–Trinajstić information content (AvgIpc) is 2.39. The monoisotopic (exact) mass is 351 g/mol. The highest BCUT2D eigenvalue weighted by atomic mass is 79.9. The zero-order valence-electron chi connectivity index (χ0n) is 11.0. The molecular formula is C15H11BrFNO3. The number of phenols is 1. The van der Waals surface area contributed by atoms with Gasteiger partial charge in [-0.05, 0) is 43.3 Å². The number of aromatic hydroxyl groups is 1. The van der Waals surface area contributed by atoms with Crippen molar-refractivity contribution in [1.82, 2.24) is 0 Å². The molecule has 0 aliphatic carbocycles. The topological polar surface area (TPSA) is 66.4 Å². The molecule has 0 unspecified atom stereocenters. The third kappa shape index (κ3) is 3.66. The SMILES string of the molecule is CC(=O)c1ccc(O)c(NC(=O)c2cc(F)cc(Br)c2)c1. The first-order chi connectivity index (χ1) is 9.86. The Balaban J connectivity index is 2.31. The standard InChI is InChI=1S/C15H11BrFNO3/c1-8(19)9-2-3-14(20)13(6-9)18-15(21)10-4-11(16)7-12(17)5-10/h2-7,20H,1H3,(H,18,21). The van der Waals surface area contributed by atoms with E-state index >= 15 is 0 Å². The Labute approximate surface area is 128 Å². The molecule has 2 aromatic rings. The number of Topliss-reactive ketones (excluding diaryl/α,β-unsaturated/α-hetero) is 1. The zero-order chi connectivity index (χ0) is 15.6. The molecule has 0 fully saturated rings. The normalized spacial score (nSPS) is 10.2. The quantitative estimate of drug-likeness (QED) is 0.653. The molecule has 108 valence electrons. The highest BCUT2D eigenvalue weighted by Gasteiger charge is 2.12. The van der Waals surface area contributed by atoms with Crippen LogP contribution in [0.5, 0.6) is 5.75 Å². The number of phenolic OH excluding ortho intramolecular Hbond substituents is 1. The highest BCUT2D eigenvalue weighted by Crippen LogP contribution is 2.25. The van der Waals surface area contributed by atoms with Crippen molar-refractivity contribution in [1.29, 1.82) is 0 Å². The molecule has 6 heteroatoms. The van der Waals surface area contributed by atoms with Gasteiger partial charge in [0, 0.05) is 15.6 Å². The van der Waals surface area contributed by atoms with Crippen molar-refractivity contribution in [3.05, 3.63) is 57.8 Å². The number of hydrogen-bond acceptors (Lipinski definition) is 3. The van der Waals surface area contributed by atoms with Crippen LogP contribution < -0.4 is 5.32 Å². The van der Waals surface area contributed by atoms with Gasteiger partial charge in [-0.3, -0.25) is 9.59 Å². The second-order valence-electron chi connectivity index (χ2n) is 4.40. The molecule has 0 aromatic heterocycles. The number of benzene rings is 2. The first-order valence-corrected chi connectivity index (χ1v) is 6.77. The summed E-state index contributed by atoms with van der Waals surface area (Å²) < 4.78 is 13.7. The van der Waals surface area contributed by atoms with Crippen LogP contribution in [0.4, 0.5) is 10.1 Å². The van der Waals surface area contributed by atoms with E-state index in [2.05, 4.69) is 21.2 Å². The van der Waals surface area contributed by atoms with Crippen molar-refractivity contribution >= 4 is 33.3 Å². The number of carbonyl (C=O) groups is 2. The molecule has 0 saturated heterocycles. The first kappa shape index (κ1) is 15.2. The van der Waals surface area contributed by atoms with Gasteiger partial charge in [0.25, 0.3) is 5.91 Å². The summed E-state index contributed by atoms with van der Waals surface area (Å²) in [7, 11) is 0. The van der Waals surface area contributed by atoms with Crippen molar-refractivity contribution in [2.75, 3.05) is 5.32 Å². The molecule has 0 bridgehead atoms. The summed E-state index contributed by atoms with van der Waals surface area (Å²) >= 11 is 3.10. The van der Waals surface area contributed by atoms with Crippen LogP contribution in [0.1, 0.15) is 27.6 Å². The number of amides is 1. The summed E-state index contributed by atoms with van der Waals surface area (Å²) in [6.07, 6.45) is 0. The van der Waals surface area contributed by atoms with E-state index in [1.807, 2.05) is 0 Å². The summed E-state index contributed by atoms with van der Waals surface area (Å²) in [6, 6.07) is 7.88. The third-order valence-electron chi connectivity index (χ3n) is 2.78. The number of nitrogens with one attached hydrogen (secondary N) is 1. The van der Waals surface area contributed by atoms with E-state index in [-0.39, 0.29) is 22.8 Å². The maximum absolute atomic E-state index is 13.3. The predicted octanol–water partition coefficient (Wildman–Crippen LogP) is 3.75. The first-order valence-electron chi connectivity index (χ1n) is 5.98. The van der Waals surface area contributed by atoms with Gasteiger partial charge in [-0.25, -0.2) is 4.39 Å². The second kappa shape index (κ2) is 6.05. The number of rotatable bonds is 3. The Morgan fingerprint density at radius 3 is 2.48 bits per heavy atom. The van der Waals surface area contributed by atoms with Crippen LogP contribution in [0.25, 0.3) is 0 Å². The van der Waals surface area contributed by atoms with Crippen LogP contribution in [0.15, 0.2) is 40.9 Å². The van der Waals surface area contributed by atoms with Gasteiger partial charge in [-0.1, -0.05) is 15.9 Å². The number of ketones is 1. The van der Waals surface area contributed by atoms with Crippen LogP contribution in [0.2, 0.25) is 0 Å². The van der Waals surface area contributed by atoms with Crippen molar-refractivity contribution in [2.45, 2.75) is 6.92 Å². The summed E-state index contributed by atoms with van der Waals surface area (Å²) in [5.41, 5.74) is 0.533. The molecule has 21 heavy (non-hydrogen) atoms. The smallest absolute Gasteiger partial charge is 0.255 e. The van der Waals surface area contributed by atoms with Gasteiger partial charge in [-0.15, -0.1) is 0 Å². The van der Waals surface area contributed by atoms with Crippen LogP contribution in [-0.2, 0) is 0 Å². The molecule has 0 aliphatic heterocycles. The maximum atomic E-state index is 13.3. The molecule has 2 N–H and O–H groups in total. The molecule has 2 rings (SSSR count). The molecule has 0 heterocycles. The summed E-state index contributed by atoms with van der Waals surface area (Å²) in [5, 5.41) is 12.2. The Bertz CT molecular complexity index is 711. The Morgan fingerprint density at radius 1 is 1.14 bits per heavy atom. The Morgan fingerprint density at radius 2 is 1.86 bits per heavy atom. The predicted molar refractivity (Wildman–Crippen MR) is 80.2 cm³/mol. The fourth-order valence-electron chi connectivity index (χ4n) is 1.73. The van der Waals surface area contributed by atoms with Gasteiger partial charge in [-0.2, -0.15) is 0 Å². The van der Waals surface area contributed by atoms with E-state index in [1.165, 1.54) is 37.3 Å². The third-order valence-corrected chi connectivity index (χ3v) is 3.23. The maximum Gasteiger partial charge on any atom is 0.255 e. The lowest BCUT2D eigenvalue weighted by atomic mass is 10.1. The Kier molecular flexibility index (Phi) is 4.37. The number of carbonyl (C=O) groups excluding carboxylic acids is 2. The summed E-state index contributed by atoms with van der Waals surface area (Å²) in [6.45, 7) is 1.38. The minimum Gasteiger partial charge on any atom is -0.506 e. The number of halogens is 2. The zero-order valence-corrected chi connectivity index (χ0v) is 12.6. The second-order valence-corrected chi connectivity index (χ2v) is 5.32. The van der Waals surface area contributed by atoms with Crippen molar-refractivity contribution in [2.24, 2.45) is 0 Å². The lowest BCUT2D eigenvalue weighted by Crippen LogP contribution is -2.12. The Hall–Kier alpha value is -2.21. The molecule has 4 nitrogen and oxygen atoms in total. The summed E-state index contributed by atoms with van der Waals surface area (Å²) in [4.78, 5) is 23.4. The van der Waals surface area contributed by atoms with E-state index in [1.54, 1.807) is 0 Å². The molecular weight excluding hydrogens is 341 g/mol. The molecule has 2 aromatic carbocycles. The largest absolute Gasteiger partial charge is 0.506 e. The van der Waals surface area contributed by atoms with E-state index in [0.717, 1.165) is 6.07 Å². The van der Waals surface area contributed by atoms with E-state index < -0.39 is 11.7 Å². The van der Waals surface area contributed by atoms with Gasteiger partial charge >= 0.3 is 0 Å². The average molecular weight is 352 g/mol. The molecule has 0 atom stereocenters. The van der Waals surface area contributed by atoms with E-state index in [0.29, 0.717) is 10.0 Å². The van der Waals surface area contributed by atoms with Crippen molar-refractivity contribution in [3.8, 4) is 5.75 Å². The van der Waals surface area contributed by atoms with E-state index in [4.69, 9.17) is 0 Å². The lowest BCUT2D eigenvalue weighted by molar-refractivity contribution is 0.101. The van der Waals surface area contributed by atoms with Crippen molar-refractivity contribution in [3.63, 3.8) is 0 Å². The fraction of sp³-hybridized carbons (Fsp3) is 0.0667. The molecule has 0 radical (unpaired) electrons. The fourth-order valence-corrected chi connectivity index (χ4v) is 2.20. The molecule has 0 spiro atoms. The van der Waals surface area contributed by atoms with Gasteiger partial charge < -0.3 is 10.4 Å². The van der Waals surface area contributed by atoms with Gasteiger partial charge in [0.05, 0.1) is 5.69 Å². The van der Waals surface area contributed by atoms with E-state index in [9.17, 15) is 19.1 Å². The van der Waals surface area contributed by atoms with Crippen LogP contribution in [-0.4, -0.2) is 16.8 Å². The van der Waals surface area contributed by atoms with Crippen LogP contribution in [0, 0.1) is 5.82 Å². The molecule has 0 aliphatic rings. The lowest BCUT2D eigenvalue weighted by Gasteiger charge is -2.09. The van der Waals surface area contributed by atoms with Crippen molar-refractivity contribution < 1.29 is 19.1 Å². The van der Waals surface area contributed by atoms with Gasteiger partial charge in [0.2, 0.25) is 0 Å². The number of anilines is 1. The summed E-state index contributed by atoms with van der Waals surface area (Å²) in [5.74, 6) is -1.52. The van der Waals surface area contributed by atoms with Gasteiger partial charge in [0.15, 0.2) is 5.78 Å². The van der Waals surface area contributed by atoms with Crippen LogP contribution in [0.3, 0.4) is 0 Å². The number of hydrogen-bond donors (Lipinski definition) is 2. The highest BCUT2D eigenvalue weighted by molar-refractivity contribution is 9.10. The minimum atomic E-state index is -0.591. The molecule has 1 amide bonds. The van der Waals surface area contributed by atoms with Gasteiger partial charge in [0.1, 0.15) is 11.6 Å². The van der Waals surface area contributed by atoms with Crippen LogP contribution >= 0.6 is 15.9 Å². The molecule has 0 saturated carbocycles.